The summed E-state index contributed by atoms with van der Waals surface area (Å²) in [5.41, 5.74) is 0.725. The van der Waals surface area contributed by atoms with E-state index in [0.29, 0.717) is 12.1 Å². The van der Waals surface area contributed by atoms with Gasteiger partial charge < -0.3 is 15.5 Å². The molecule has 2 N–H and O–H groups in total. The Hall–Kier alpha value is -3.14. The predicted octanol–water partition coefficient (Wildman–Crippen LogP) is 5.25. The van der Waals surface area contributed by atoms with E-state index in [9.17, 15) is 22.4 Å². The second kappa shape index (κ2) is 9.31. The zero-order chi connectivity index (χ0) is 26.5. The molecule has 2 aromatic carbocycles. The average Bonchev–Trinajstić information content (AvgIpc) is 3.51. The van der Waals surface area contributed by atoms with Crippen LogP contribution in [-0.4, -0.2) is 54.9 Å². The number of aliphatic imine (C=N–C) groups is 1. The molecule has 1 amide bonds. The molecule has 3 aliphatic rings. The Bertz CT molecular complexity index is 1220. The van der Waals surface area contributed by atoms with Crippen molar-refractivity contribution >= 4 is 17.6 Å². The van der Waals surface area contributed by atoms with Gasteiger partial charge in [-0.2, -0.15) is 13.2 Å². The van der Waals surface area contributed by atoms with Gasteiger partial charge in [0.2, 0.25) is 0 Å². The highest BCUT2D eigenvalue weighted by Crippen LogP contribution is 2.58. The van der Waals surface area contributed by atoms with E-state index in [1.54, 1.807) is 0 Å². The molecule has 10 heteroatoms. The van der Waals surface area contributed by atoms with Crippen LogP contribution in [-0.2, 0) is 6.18 Å². The summed E-state index contributed by atoms with van der Waals surface area (Å²) in [6.45, 7) is 0. The maximum absolute atomic E-state index is 13.6. The summed E-state index contributed by atoms with van der Waals surface area (Å²) < 4.78 is 52.6. The van der Waals surface area contributed by atoms with Crippen LogP contribution in [0.5, 0.6) is 0 Å². The molecule has 0 aromatic heterocycles. The Kier molecular flexibility index (Phi) is 6.42. The van der Waals surface area contributed by atoms with Crippen LogP contribution in [0.3, 0.4) is 0 Å². The molecule has 2 aliphatic carbocycles. The number of carbonyl (C=O) groups is 1. The van der Waals surface area contributed by atoms with Crippen molar-refractivity contribution < 1.29 is 22.4 Å². The largest absolute Gasteiger partial charge is 0.419 e. The third kappa shape index (κ3) is 4.91. The molecule has 1 heterocycles. The minimum atomic E-state index is -4.85. The molecule has 2 saturated carbocycles. The SMILES string of the molecule is CN(C)C1c2ccccc2NC(=NC2CC23CCC(NC(=O)c2ccc(F)c(C(F)(F)F)c2)CC3)N1C. The van der Waals surface area contributed by atoms with Gasteiger partial charge in [-0.1, -0.05) is 18.2 Å². The van der Waals surface area contributed by atoms with Gasteiger partial charge in [-0.25, -0.2) is 9.38 Å². The molecule has 5 rings (SSSR count). The second-order valence-corrected chi connectivity index (χ2v) is 10.6. The summed E-state index contributed by atoms with van der Waals surface area (Å²) >= 11 is 0. The minimum absolute atomic E-state index is 0.0705. The van der Waals surface area contributed by atoms with Gasteiger partial charge in [-0.05, 0) is 75.9 Å². The summed E-state index contributed by atoms with van der Waals surface area (Å²) in [5, 5.41) is 6.32. The van der Waals surface area contributed by atoms with Crippen LogP contribution in [0.2, 0.25) is 0 Å². The van der Waals surface area contributed by atoms with E-state index in [0.717, 1.165) is 49.8 Å². The normalized spacial score (nSPS) is 28.3. The maximum Gasteiger partial charge on any atom is 0.419 e. The third-order valence-electron chi connectivity index (χ3n) is 7.95. The number of carbonyl (C=O) groups excluding carboxylic acids is 1. The fraction of sp³-hybridized carbons (Fsp3) is 0.481. The van der Waals surface area contributed by atoms with Gasteiger partial charge in [0, 0.05) is 29.9 Å². The maximum atomic E-state index is 13.6. The van der Waals surface area contributed by atoms with Gasteiger partial charge >= 0.3 is 6.18 Å². The Labute approximate surface area is 213 Å². The molecule has 6 nitrogen and oxygen atoms in total. The molecule has 2 atom stereocenters. The summed E-state index contributed by atoms with van der Waals surface area (Å²) in [6, 6.07) is 10.6. The zero-order valence-corrected chi connectivity index (χ0v) is 21.1. The van der Waals surface area contributed by atoms with E-state index < -0.39 is 23.5 Å². The van der Waals surface area contributed by atoms with Crippen LogP contribution in [0, 0.1) is 11.2 Å². The number of alkyl halides is 3. The first kappa shape index (κ1) is 25.5. The molecule has 0 saturated heterocycles. The lowest BCUT2D eigenvalue weighted by molar-refractivity contribution is -0.140. The third-order valence-corrected chi connectivity index (χ3v) is 7.95. The van der Waals surface area contributed by atoms with E-state index in [2.05, 4.69) is 32.6 Å². The lowest BCUT2D eigenvalue weighted by Gasteiger charge is -2.41. The topological polar surface area (TPSA) is 60.0 Å². The number of nitrogens with zero attached hydrogens (tertiary/aromatic N) is 3. The highest BCUT2D eigenvalue weighted by Gasteiger charge is 2.56. The van der Waals surface area contributed by atoms with Crippen molar-refractivity contribution in [3.8, 4) is 0 Å². The molecule has 1 spiro atoms. The number of hydrogen-bond donors (Lipinski definition) is 2. The van der Waals surface area contributed by atoms with E-state index in [1.165, 1.54) is 5.56 Å². The second-order valence-electron chi connectivity index (χ2n) is 10.6. The summed E-state index contributed by atoms with van der Waals surface area (Å²) in [5.74, 6) is -1.16. The number of para-hydroxylation sites is 1. The number of halogens is 4. The van der Waals surface area contributed by atoms with Crippen molar-refractivity contribution in [2.24, 2.45) is 10.4 Å². The molecule has 0 bridgehead atoms. The lowest BCUT2D eigenvalue weighted by Crippen LogP contribution is -2.46. The molecule has 2 aromatic rings. The standard InChI is InChI=1S/C27H31F4N5O/c1-35(2)24-18-6-4-5-7-21(18)33-25(36(24)3)34-22-15-26(22)12-10-17(11-13-26)32-23(37)16-8-9-20(28)19(14-16)27(29,30)31/h4-9,14,17,22,24H,10-13,15H2,1-3H3,(H,32,37)(H,33,34). The van der Waals surface area contributed by atoms with Crippen LogP contribution >= 0.6 is 0 Å². The van der Waals surface area contributed by atoms with Crippen LogP contribution in [0.15, 0.2) is 47.5 Å². The number of benzene rings is 2. The fourth-order valence-electron chi connectivity index (χ4n) is 5.80. The number of guanidine groups is 1. The summed E-state index contributed by atoms with van der Waals surface area (Å²) in [4.78, 5) is 22.0. The van der Waals surface area contributed by atoms with Crippen LogP contribution in [0.4, 0.5) is 23.2 Å². The molecular weight excluding hydrogens is 486 g/mol. The Morgan fingerprint density at radius 1 is 1.16 bits per heavy atom. The zero-order valence-electron chi connectivity index (χ0n) is 21.1. The molecule has 198 valence electrons. The number of hydrogen-bond acceptors (Lipinski definition) is 3. The number of amides is 1. The van der Waals surface area contributed by atoms with Crippen LogP contribution < -0.4 is 10.6 Å². The van der Waals surface area contributed by atoms with Crippen LogP contribution in [0.1, 0.15) is 59.8 Å². The van der Waals surface area contributed by atoms with Crippen molar-refractivity contribution in [3.63, 3.8) is 0 Å². The van der Waals surface area contributed by atoms with Crippen molar-refractivity contribution in [1.29, 1.82) is 0 Å². The van der Waals surface area contributed by atoms with Crippen molar-refractivity contribution in [2.45, 2.75) is 56.5 Å². The highest BCUT2D eigenvalue weighted by atomic mass is 19.4. The van der Waals surface area contributed by atoms with Gasteiger partial charge in [0.1, 0.15) is 12.0 Å². The van der Waals surface area contributed by atoms with Crippen LogP contribution in [0.25, 0.3) is 0 Å². The van der Waals surface area contributed by atoms with E-state index in [1.807, 2.05) is 33.3 Å². The fourth-order valence-corrected chi connectivity index (χ4v) is 5.80. The highest BCUT2D eigenvalue weighted by molar-refractivity contribution is 5.97. The summed E-state index contributed by atoms with van der Waals surface area (Å²) in [7, 11) is 6.13. The van der Waals surface area contributed by atoms with E-state index in [-0.39, 0.29) is 29.2 Å². The van der Waals surface area contributed by atoms with Crippen molar-refractivity contribution in [1.82, 2.24) is 15.1 Å². The first-order valence-electron chi connectivity index (χ1n) is 12.5. The van der Waals surface area contributed by atoms with Gasteiger partial charge in [0.15, 0.2) is 5.96 Å². The smallest absolute Gasteiger partial charge is 0.349 e. The number of fused-ring (bicyclic) bond motifs is 1. The van der Waals surface area contributed by atoms with Gasteiger partial charge in [0.25, 0.3) is 5.91 Å². The first-order valence-corrected chi connectivity index (χ1v) is 12.5. The van der Waals surface area contributed by atoms with Crippen molar-refractivity contribution in [2.75, 3.05) is 26.5 Å². The first-order chi connectivity index (χ1) is 17.5. The predicted molar refractivity (Wildman–Crippen MR) is 134 cm³/mol. The Morgan fingerprint density at radius 3 is 2.54 bits per heavy atom. The molecule has 2 fully saturated rings. The van der Waals surface area contributed by atoms with E-state index in [4.69, 9.17) is 4.99 Å². The molecule has 2 unspecified atom stereocenters. The van der Waals surface area contributed by atoms with Gasteiger partial charge in [-0.3, -0.25) is 9.69 Å². The monoisotopic (exact) mass is 517 g/mol. The summed E-state index contributed by atoms with van der Waals surface area (Å²) in [6.07, 6.45) is -0.577. The van der Waals surface area contributed by atoms with Gasteiger partial charge in [-0.15, -0.1) is 0 Å². The van der Waals surface area contributed by atoms with Crippen molar-refractivity contribution in [3.05, 3.63) is 65.0 Å². The van der Waals surface area contributed by atoms with E-state index >= 15 is 0 Å². The Morgan fingerprint density at radius 2 is 1.86 bits per heavy atom. The quantitative estimate of drug-likeness (QED) is 0.544. The molecule has 37 heavy (non-hydrogen) atoms. The number of rotatable bonds is 4. The van der Waals surface area contributed by atoms with Gasteiger partial charge in [0.05, 0.1) is 11.6 Å². The Balaban J connectivity index is 1.21. The average molecular weight is 518 g/mol. The lowest BCUT2D eigenvalue weighted by atomic mass is 9.82. The number of nitrogens with one attached hydrogen (secondary N) is 2. The molecule has 1 aliphatic heterocycles. The molecular formula is C27H31F4N5O. The minimum Gasteiger partial charge on any atom is -0.349 e. The molecule has 0 radical (unpaired) electrons. The number of anilines is 1.